The first-order valence-corrected chi connectivity index (χ1v) is 10.5. The Morgan fingerprint density at radius 1 is 1.00 bits per heavy atom. The Labute approximate surface area is 156 Å². The Bertz CT molecular complexity index is 483. The fourth-order valence-electron chi connectivity index (χ4n) is 5.23. The van der Waals surface area contributed by atoms with Crippen molar-refractivity contribution in [2.75, 3.05) is 45.8 Å². The summed E-state index contributed by atoms with van der Waals surface area (Å²) in [6.07, 6.45) is 5.36. The highest BCUT2D eigenvalue weighted by Crippen LogP contribution is 2.51. The predicted octanol–water partition coefficient (Wildman–Crippen LogP) is 3.22. The minimum atomic E-state index is -2.57. The molecule has 3 aliphatic rings. The average Bonchev–Trinajstić information content (AvgIpc) is 2.65. The predicted molar refractivity (Wildman–Crippen MR) is 99.4 cm³/mol. The van der Waals surface area contributed by atoms with Crippen LogP contribution in [0.5, 0.6) is 0 Å². The van der Waals surface area contributed by atoms with Gasteiger partial charge in [-0.3, -0.25) is 9.69 Å². The molecule has 0 bridgehead atoms. The smallest absolute Gasteiger partial charge is 0.266 e. The van der Waals surface area contributed by atoms with Gasteiger partial charge in [-0.15, -0.1) is 0 Å². The summed E-state index contributed by atoms with van der Waals surface area (Å²) in [6, 6.07) is 0.460. The number of carbonyl (C=O) groups is 1. The summed E-state index contributed by atoms with van der Waals surface area (Å²) < 4.78 is 29.9. The minimum Gasteiger partial charge on any atom is -0.343 e. The molecule has 0 atom stereocenters. The van der Waals surface area contributed by atoms with Gasteiger partial charge in [-0.1, -0.05) is 13.8 Å². The fourth-order valence-corrected chi connectivity index (χ4v) is 5.23. The van der Waals surface area contributed by atoms with Crippen molar-refractivity contribution < 1.29 is 13.6 Å². The van der Waals surface area contributed by atoms with E-state index < -0.39 is 11.3 Å². The Balaban J connectivity index is 1.52. The average molecular weight is 372 g/mol. The molecule has 4 nitrogen and oxygen atoms in total. The highest BCUT2D eigenvalue weighted by Gasteiger charge is 2.57. The van der Waals surface area contributed by atoms with Crippen LogP contribution in [0.1, 0.15) is 58.8 Å². The molecule has 1 spiro atoms. The second-order valence-corrected chi connectivity index (χ2v) is 8.51. The number of rotatable bonds is 4. The van der Waals surface area contributed by atoms with E-state index in [1.165, 1.54) is 0 Å². The van der Waals surface area contributed by atoms with Crippen LogP contribution in [0.15, 0.2) is 0 Å². The third-order valence-corrected chi connectivity index (χ3v) is 7.04. The molecule has 3 fully saturated rings. The lowest BCUT2D eigenvalue weighted by Gasteiger charge is -2.52. The van der Waals surface area contributed by atoms with Crippen molar-refractivity contribution >= 4 is 5.91 Å². The SMILES string of the molecule is CCCN1CCC2(CCN(C3CCN(C(=O)CC)CC3)CC2)C(F)(F)C1. The van der Waals surface area contributed by atoms with Gasteiger partial charge in [0.05, 0.1) is 6.54 Å². The van der Waals surface area contributed by atoms with E-state index in [4.69, 9.17) is 0 Å². The van der Waals surface area contributed by atoms with Crippen LogP contribution in [0.3, 0.4) is 0 Å². The van der Waals surface area contributed by atoms with Crippen molar-refractivity contribution in [1.82, 2.24) is 14.7 Å². The number of alkyl halides is 2. The minimum absolute atomic E-state index is 0.0572. The van der Waals surface area contributed by atoms with E-state index in [0.29, 0.717) is 31.7 Å². The van der Waals surface area contributed by atoms with E-state index in [9.17, 15) is 13.6 Å². The molecule has 0 unspecified atom stereocenters. The molecule has 1 amide bonds. The zero-order valence-corrected chi connectivity index (χ0v) is 16.5. The highest BCUT2D eigenvalue weighted by molar-refractivity contribution is 5.75. The quantitative estimate of drug-likeness (QED) is 0.759. The van der Waals surface area contributed by atoms with E-state index in [1.807, 2.05) is 16.7 Å². The van der Waals surface area contributed by atoms with Crippen molar-refractivity contribution in [3.8, 4) is 0 Å². The van der Waals surface area contributed by atoms with Gasteiger partial charge < -0.3 is 9.80 Å². The summed E-state index contributed by atoms with van der Waals surface area (Å²) in [5.41, 5.74) is -0.785. The Hall–Kier alpha value is -0.750. The van der Waals surface area contributed by atoms with Crippen LogP contribution in [0.25, 0.3) is 0 Å². The zero-order valence-electron chi connectivity index (χ0n) is 16.5. The maximum absolute atomic E-state index is 15.0. The first-order valence-electron chi connectivity index (χ1n) is 10.5. The fraction of sp³-hybridized carbons (Fsp3) is 0.950. The lowest BCUT2D eigenvalue weighted by atomic mass is 9.68. The van der Waals surface area contributed by atoms with Gasteiger partial charge in [-0.25, -0.2) is 8.78 Å². The van der Waals surface area contributed by atoms with Crippen molar-refractivity contribution in [1.29, 1.82) is 0 Å². The van der Waals surface area contributed by atoms with Gasteiger partial charge in [0.1, 0.15) is 0 Å². The van der Waals surface area contributed by atoms with E-state index in [-0.39, 0.29) is 12.5 Å². The highest BCUT2D eigenvalue weighted by atomic mass is 19.3. The lowest BCUT2D eigenvalue weighted by molar-refractivity contribution is -0.190. The lowest BCUT2D eigenvalue weighted by Crippen LogP contribution is -2.60. The molecule has 3 saturated heterocycles. The summed E-state index contributed by atoms with van der Waals surface area (Å²) in [6.45, 7) is 8.73. The molecule has 0 aliphatic carbocycles. The largest absolute Gasteiger partial charge is 0.343 e. The van der Waals surface area contributed by atoms with Crippen LogP contribution >= 0.6 is 0 Å². The summed E-state index contributed by atoms with van der Waals surface area (Å²) in [4.78, 5) is 18.1. The van der Waals surface area contributed by atoms with Gasteiger partial charge in [0.2, 0.25) is 5.91 Å². The summed E-state index contributed by atoms with van der Waals surface area (Å²) in [5, 5.41) is 0. The molecular weight excluding hydrogens is 336 g/mol. The van der Waals surface area contributed by atoms with Crippen LogP contribution in [0.4, 0.5) is 8.78 Å². The maximum Gasteiger partial charge on any atom is 0.266 e. The normalized spacial score (nSPS) is 27.8. The number of carbonyl (C=O) groups excluding carboxylic acids is 1. The van der Waals surface area contributed by atoms with E-state index in [2.05, 4.69) is 11.8 Å². The second-order valence-electron chi connectivity index (χ2n) is 8.51. The molecule has 0 radical (unpaired) electrons. The van der Waals surface area contributed by atoms with Crippen LogP contribution < -0.4 is 0 Å². The third kappa shape index (κ3) is 3.91. The van der Waals surface area contributed by atoms with E-state index in [0.717, 1.165) is 58.5 Å². The monoisotopic (exact) mass is 371 g/mol. The van der Waals surface area contributed by atoms with Gasteiger partial charge in [0.15, 0.2) is 0 Å². The molecule has 3 heterocycles. The van der Waals surface area contributed by atoms with Crippen molar-refractivity contribution in [2.24, 2.45) is 5.41 Å². The Kier molecular flexibility index (Phi) is 6.22. The summed E-state index contributed by atoms with van der Waals surface area (Å²) in [7, 11) is 0. The van der Waals surface area contributed by atoms with Crippen molar-refractivity contribution in [3.05, 3.63) is 0 Å². The van der Waals surface area contributed by atoms with Gasteiger partial charge >= 0.3 is 0 Å². The van der Waals surface area contributed by atoms with Crippen molar-refractivity contribution in [3.63, 3.8) is 0 Å². The Morgan fingerprint density at radius 3 is 2.15 bits per heavy atom. The summed E-state index contributed by atoms with van der Waals surface area (Å²) in [5.74, 6) is -2.33. The molecule has 6 heteroatoms. The molecule has 0 aromatic heterocycles. The van der Waals surface area contributed by atoms with Gasteiger partial charge in [0, 0.05) is 31.0 Å². The molecule has 0 N–H and O–H groups in total. The zero-order chi connectivity index (χ0) is 18.8. The molecule has 0 aromatic rings. The molecular formula is C20H35F2N3O. The van der Waals surface area contributed by atoms with E-state index in [1.54, 1.807) is 0 Å². The van der Waals surface area contributed by atoms with Crippen LogP contribution in [-0.4, -0.2) is 78.4 Å². The number of hydrogen-bond acceptors (Lipinski definition) is 3. The number of piperidine rings is 3. The third-order valence-electron chi connectivity index (χ3n) is 7.04. The van der Waals surface area contributed by atoms with Gasteiger partial charge in [-0.2, -0.15) is 0 Å². The second kappa shape index (κ2) is 8.09. The van der Waals surface area contributed by atoms with E-state index >= 15 is 0 Å². The molecule has 3 aliphatic heterocycles. The first-order chi connectivity index (χ1) is 12.4. The molecule has 0 aromatic carbocycles. The van der Waals surface area contributed by atoms with Crippen LogP contribution in [-0.2, 0) is 4.79 Å². The molecule has 150 valence electrons. The molecule has 0 saturated carbocycles. The maximum atomic E-state index is 15.0. The topological polar surface area (TPSA) is 26.8 Å². The number of halogens is 2. The first kappa shape index (κ1) is 20.0. The number of nitrogens with zero attached hydrogens (tertiary/aromatic N) is 3. The Morgan fingerprint density at radius 2 is 1.62 bits per heavy atom. The van der Waals surface area contributed by atoms with Gasteiger partial charge in [0.25, 0.3) is 5.92 Å². The number of amides is 1. The molecule has 3 rings (SSSR count). The standard InChI is InChI=1S/C20H35F2N3O/c1-3-10-23-13-7-19(20(21,22)16-23)8-14-24(15-9-19)17-5-11-25(12-6-17)18(26)4-2/h17H,3-16H2,1-2H3. The number of hydrogen-bond donors (Lipinski definition) is 0. The van der Waals surface area contributed by atoms with Crippen LogP contribution in [0, 0.1) is 5.41 Å². The molecule has 26 heavy (non-hydrogen) atoms. The van der Waals surface area contributed by atoms with Crippen LogP contribution in [0.2, 0.25) is 0 Å². The summed E-state index contributed by atoms with van der Waals surface area (Å²) >= 11 is 0. The number of likely N-dealkylation sites (tertiary alicyclic amines) is 3. The van der Waals surface area contributed by atoms with Crippen molar-refractivity contribution in [2.45, 2.75) is 70.8 Å². The van der Waals surface area contributed by atoms with Gasteiger partial charge in [-0.05, 0) is 64.7 Å².